The van der Waals surface area contributed by atoms with E-state index in [2.05, 4.69) is 25.6 Å². The number of carbonyl (C=O) groups is 2. The maximum atomic E-state index is 13.7. The van der Waals surface area contributed by atoms with E-state index in [9.17, 15) is 9.59 Å². The fraction of sp³-hybridized carbons (Fsp3) is 0.381. The molecule has 2 heterocycles. The number of hydrogen-bond donors (Lipinski definition) is 0. The number of fused-ring (bicyclic) bond motifs is 1. The van der Waals surface area contributed by atoms with E-state index in [1.54, 1.807) is 23.9 Å². The van der Waals surface area contributed by atoms with Crippen molar-refractivity contribution in [2.24, 2.45) is 0 Å². The highest BCUT2D eigenvalue weighted by molar-refractivity contribution is 6.30. The molecule has 48 heavy (non-hydrogen) atoms. The van der Waals surface area contributed by atoms with Crippen molar-refractivity contribution in [2.75, 3.05) is 27.3 Å². The first kappa shape index (κ1) is 34.7. The number of carbonyl (C=O) groups excluding carboxylic acids is 2. The third-order valence-electron chi connectivity index (χ3n) is 9.24. The maximum Gasteiger partial charge on any atom is 0.261 e. The van der Waals surface area contributed by atoms with E-state index in [0.29, 0.717) is 29.1 Å². The zero-order chi connectivity index (χ0) is 33.9. The molecule has 0 atom stereocenters. The van der Waals surface area contributed by atoms with Crippen LogP contribution >= 0.6 is 0 Å². The van der Waals surface area contributed by atoms with Gasteiger partial charge in [-0.15, -0.1) is 6.58 Å². The Morgan fingerprint density at radius 2 is 0.917 bits per heavy atom. The molecule has 3 aromatic rings. The van der Waals surface area contributed by atoms with Gasteiger partial charge in [0.25, 0.3) is 11.8 Å². The van der Waals surface area contributed by atoms with Gasteiger partial charge in [0.05, 0.1) is 35.8 Å². The second-order valence-corrected chi connectivity index (χ2v) is 12.8. The lowest BCUT2D eigenvalue weighted by molar-refractivity contribution is -0.123. The third-order valence-corrected chi connectivity index (χ3v) is 9.24. The summed E-state index contributed by atoms with van der Waals surface area (Å²) in [6, 6.07) is 23.9. The van der Waals surface area contributed by atoms with E-state index in [4.69, 9.17) is 9.47 Å². The van der Waals surface area contributed by atoms with Crippen molar-refractivity contribution in [3.05, 3.63) is 108 Å². The predicted octanol–water partition coefficient (Wildman–Crippen LogP) is 9.67. The summed E-state index contributed by atoms with van der Waals surface area (Å²) in [5.41, 5.74) is 5.96. The van der Waals surface area contributed by atoms with E-state index in [-0.39, 0.29) is 11.8 Å². The molecule has 0 aromatic heterocycles. The van der Waals surface area contributed by atoms with Gasteiger partial charge in [-0.2, -0.15) is 0 Å². The molecule has 0 unspecified atom stereocenters. The van der Waals surface area contributed by atoms with Crippen molar-refractivity contribution in [1.82, 2.24) is 9.80 Å². The first-order valence-corrected chi connectivity index (χ1v) is 17.7. The smallest absolute Gasteiger partial charge is 0.261 e. The van der Waals surface area contributed by atoms with E-state index in [1.807, 2.05) is 66.7 Å². The molecule has 0 N–H and O–H groups in total. The zero-order valence-corrected chi connectivity index (χ0v) is 28.9. The summed E-state index contributed by atoms with van der Waals surface area (Å²) < 4.78 is 11.9. The number of hydrogen-bond acceptors (Lipinski definition) is 4. The standard InChI is InChI=1S/C42H50N2O4/c1-5-7-9-11-13-15-29-47-35-25-21-32(22-26-35)31-17-19-33(20-18-31)39-37-38(42(46)43(39)3)40(44(4)41(37)45)34-23-27-36(28-24-34)48-30-16-14-12-10-8-6-2/h5,17-28H,1,6-16,29-30H2,2-4H3. The minimum absolute atomic E-state index is 0.174. The summed E-state index contributed by atoms with van der Waals surface area (Å²) >= 11 is 0. The van der Waals surface area contributed by atoms with Crippen LogP contribution in [0.5, 0.6) is 11.5 Å². The molecule has 0 fully saturated rings. The Labute approximate surface area is 286 Å². The minimum Gasteiger partial charge on any atom is -0.494 e. The quantitative estimate of drug-likeness (QED) is 0.0961. The van der Waals surface area contributed by atoms with Gasteiger partial charge in [0.15, 0.2) is 0 Å². The van der Waals surface area contributed by atoms with Crippen LogP contribution in [0.25, 0.3) is 22.5 Å². The summed E-state index contributed by atoms with van der Waals surface area (Å²) in [6.07, 6.45) is 15.0. The van der Waals surface area contributed by atoms with E-state index >= 15 is 0 Å². The van der Waals surface area contributed by atoms with Crippen molar-refractivity contribution in [1.29, 1.82) is 0 Å². The Morgan fingerprint density at radius 3 is 1.38 bits per heavy atom. The monoisotopic (exact) mass is 646 g/mol. The Kier molecular flexibility index (Phi) is 12.3. The maximum absolute atomic E-state index is 13.7. The first-order valence-electron chi connectivity index (χ1n) is 17.7. The molecule has 5 rings (SSSR count). The Morgan fingerprint density at radius 1 is 0.542 bits per heavy atom. The van der Waals surface area contributed by atoms with Gasteiger partial charge in [-0.1, -0.05) is 94.3 Å². The number of benzene rings is 3. The van der Waals surface area contributed by atoms with E-state index < -0.39 is 0 Å². The molecular weight excluding hydrogens is 596 g/mol. The lowest BCUT2D eigenvalue weighted by Crippen LogP contribution is -2.25. The van der Waals surface area contributed by atoms with E-state index in [1.165, 1.54) is 51.4 Å². The molecular formula is C42H50N2O4. The fourth-order valence-corrected chi connectivity index (χ4v) is 6.48. The predicted molar refractivity (Wildman–Crippen MR) is 195 cm³/mol. The highest BCUT2D eigenvalue weighted by Crippen LogP contribution is 2.45. The van der Waals surface area contributed by atoms with Crippen LogP contribution < -0.4 is 9.47 Å². The normalized spacial score (nSPS) is 14.3. The summed E-state index contributed by atoms with van der Waals surface area (Å²) in [5.74, 6) is 1.32. The Hall–Kier alpha value is -4.58. The van der Waals surface area contributed by atoms with Crippen molar-refractivity contribution >= 4 is 23.2 Å². The van der Waals surface area contributed by atoms with Gasteiger partial charge in [-0.05, 0) is 84.3 Å². The number of ether oxygens (including phenoxy) is 2. The molecule has 3 aromatic carbocycles. The van der Waals surface area contributed by atoms with Gasteiger partial charge in [0, 0.05) is 14.1 Å². The number of allylic oxidation sites excluding steroid dienone is 1. The number of nitrogens with zero attached hydrogens (tertiary/aromatic N) is 2. The van der Waals surface area contributed by atoms with Crippen LogP contribution in [0.2, 0.25) is 0 Å². The number of likely N-dealkylation sites (N-methyl/N-ethyl adjacent to an activating group) is 2. The van der Waals surface area contributed by atoms with Crippen LogP contribution in [-0.4, -0.2) is 48.9 Å². The van der Waals surface area contributed by atoms with Gasteiger partial charge in [0.1, 0.15) is 11.5 Å². The third kappa shape index (κ3) is 8.10. The molecule has 0 saturated heterocycles. The van der Waals surface area contributed by atoms with Gasteiger partial charge in [0.2, 0.25) is 0 Å². The molecule has 0 bridgehead atoms. The van der Waals surface area contributed by atoms with Crippen molar-refractivity contribution in [3.63, 3.8) is 0 Å². The number of amides is 2. The summed E-state index contributed by atoms with van der Waals surface area (Å²) in [5, 5.41) is 0. The van der Waals surface area contributed by atoms with Crippen LogP contribution in [0.1, 0.15) is 88.7 Å². The molecule has 0 radical (unpaired) electrons. The van der Waals surface area contributed by atoms with Gasteiger partial charge in [-0.3, -0.25) is 9.59 Å². The molecule has 252 valence electrons. The molecule has 0 spiro atoms. The SMILES string of the molecule is C=CCCCCCCOc1ccc(-c2ccc(C3=C4C(=O)N(C)C(c5ccc(OCCCCCCCC)cc5)=C4C(=O)N3C)cc2)cc1. The number of unbranched alkanes of at least 4 members (excludes halogenated alkanes) is 9. The zero-order valence-electron chi connectivity index (χ0n) is 28.9. The minimum atomic E-state index is -0.174. The Bertz CT molecular complexity index is 1620. The second kappa shape index (κ2) is 17.0. The van der Waals surface area contributed by atoms with Crippen LogP contribution in [0.15, 0.2) is 96.6 Å². The van der Waals surface area contributed by atoms with Crippen molar-refractivity contribution < 1.29 is 19.1 Å². The Balaban J connectivity index is 1.26. The summed E-state index contributed by atoms with van der Waals surface area (Å²) in [4.78, 5) is 30.5. The summed E-state index contributed by atoms with van der Waals surface area (Å²) in [7, 11) is 3.48. The molecule has 6 nitrogen and oxygen atoms in total. The molecule has 2 amide bonds. The van der Waals surface area contributed by atoms with Crippen LogP contribution in [0.4, 0.5) is 0 Å². The fourth-order valence-electron chi connectivity index (χ4n) is 6.48. The van der Waals surface area contributed by atoms with Crippen LogP contribution in [0.3, 0.4) is 0 Å². The lowest BCUT2D eigenvalue weighted by atomic mass is 9.99. The highest BCUT2D eigenvalue weighted by atomic mass is 16.5. The molecule has 0 saturated carbocycles. The van der Waals surface area contributed by atoms with Gasteiger partial charge < -0.3 is 19.3 Å². The van der Waals surface area contributed by atoms with Crippen LogP contribution in [-0.2, 0) is 9.59 Å². The van der Waals surface area contributed by atoms with Gasteiger partial charge >= 0.3 is 0 Å². The van der Waals surface area contributed by atoms with Gasteiger partial charge in [-0.25, -0.2) is 0 Å². The number of rotatable bonds is 19. The molecule has 2 aliphatic rings. The highest BCUT2D eigenvalue weighted by Gasteiger charge is 2.46. The van der Waals surface area contributed by atoms with Crippen molar-refractivity contribution in [3.8, 4) is 22.6 Å². The second-order valence-electron chi connectivity index (χ2n) is 12.8. The summed E-state index contributed by atoms with van der Waals surface area (Å²) in [6.45, 7) is 7.41. The molecule has 2 aliphatic heterocycles. The average Bonchev–Trinajstić information content (AvgIpc) is 3.52. The average molecular weight is 647 g/mol. The first-order chi connectivity index (χ1) is 23.4. The molecule has 0 aliphatic carbocycles. The molecule has 6 heteroatoms. The van der Waals surface area contributed by atoms with Crippen molar-refractivity contribution in [2.45, 2.75) is 77.6 Å². The topological polar surface area (TPSA) is 59.1 Å². The van der Waals surface area contributed by atoms with E-state index in [0.717, 1.165) is 59.6 Å². The van der Waals surface area contributed by atoms with Crippen LogP contribution in [0, 0.1) is 0 Å². The lowest BCUT2D eigenvalue weighted by Gasteiger charge is -2.20. The largest absolute Gasteiger partial charge is 0.494 e.